The van der Waals surface area contributed by atoms with Gasteiger partial charge in [0.2, 0.25) is 0 Å². The molecule has 2 rings (SSSR count). The first kappa shape index (κ1) is 16.0. The molecule has 0 aliphatic carbocycles. The highest BCUT2D eigenvalue weighted by molar-refractivity contribution is 7.12. The molecule has 0 aliphatic rings. The van der Waals surface area contributed by atoms with Crippen molar-refractivity contribution in [2.24, 2.45) is 10.9 Å². The van der Waals surface area contributed by atoms with E-state index in [2.05, 4.69) is 22.6 Å². The molecule has 0 saturated heterocycles. The number of oxime groups is 1. The van der Waals surface area contributed by atoms with E-state index in [1.807, 2.05) is 35.7 Å². The number of benzene rings is 1. The number of thiophene rings is 1. The molecule has 22 heavy (non-hydrogen) atoms. The molecule has 1 heterocycles. The number of aryl methyl sites for hydroxylation is 1. The van der Waals surface area contributed by atoms with E-state index < -0.39 is 0 Å². The molecule has 0 aliphatic heterocycles. The highest BCUT2D eigenvalue weighted by Gasteiger charge is 2.03. The maximum absolute atomic E-state index is 11.6. The predicted molar refractivity (Wildman–Crippen MR) is 88.8 cm³/mol. The minimum atomic E-state index is -0.198. The number of nitrogens with zero attached hydrogens (tertiary/aromatic N) is 1. The molecule has 1 amide bonds. The van der Waals surface area contributed by atoms with Gasteiger partial charge in [0.05, 0.1) is 4.88 Å². The largest absolute Gasteiger partial charge is 0.384 e. The molecule has 3 N–H and O–H groups in total. The lowest BCUT2D eigenvalue weighted by Gasteiger charge is -2.05. The van der Waals surface area contributed by atoms with Crippen molar-refractivity contribution in [3.63, 3.8) is 0 Å². The summed E-state index contributed by atoms with van der Waals surface area (Å²) in [7, 11) is 0. The molecular weight excluding hydrogens is 298 g/mol. The van der Waals surface area contributed by atoms with Crippen LogP contribution in [0.5, 0.6) is 0 Å². The summed E-state index contributed by atoms with van der Waals surface area (Å²) < 4.78 is 0. The number of nitrogens with one attached hydrogen (secondary N) is 1. The summed E-state index contributed by atoms with van der Waals surface area (Å²) in [5.74, 6) is 0.0858. The third kappa shape index (κ3) is 5.57. The molecule has 0 unspecified atom stereocenters. The van der Waals surface area contributed by atoms with Crippen LogP contribution in [0.1, 0.15) is 16.9 Å². The Morgan fingerprint density at radius 2 is 2.05 bits per heavy atom. The Bertz CT molecular complexity index is 597. The fraction of sp³-hybridized carbons (Fsp3) is 0.250. The predicted octanol–water partition coefficient (Wildman–Crippen LogP) is 2.13. The van der Waals surface area contributed by atoms with Crippen LogP contribution in [0.25, 0.3) is 0 Å². The highest BCUT2D eigenvalue weighted by Crippen LogP contribution is 2.07. The topological polar surface area (TPSA) is 76.7 Å². The zero-order valence-electron chi connectivity index (χ0n) is 12.2. The number of amidine groups is 1. The van der Waals surface area contributed by atoms with Crippen molar-refractivity contribution in [1.82, 2.24) is 5.32 Å². The van der Waals surface area contributed by atoms with Crippen molar-refractivity contribution in [2.75, 3.05) is 13.2 Å². The summed E-state index contributed by atoms with van der Waals surface area (Å²) in [6.07, 6.45) is 1.82. The fourth-order valence-corrected chi connectivity index (χ4v) is 2.46. The lowest BCUT2D eigenvalue weighted by atomic mass is 10.1. The number of nitrogens with two attached hydrogens (primary N) is 1. The average molecular weight is 317 g/mol. The van der Waals surface area contributed by atoms with Crippen LogP contribution < -0.4 is 11.1 Å². The summed E-state index contributed by atoms with van der Waals surface area (Å²) in [6.45, 7) is 0.485. The van der Waals surface area contributed by atoms with Gasteiger partial charge in [0.1, 0.15) is 0 Å². The van der Waals surface area contributed by atoms with E-state index in [1.165, 1.54) is 16.9 Å². The molecule has 1 aromatic heterocycles. The standard InChI is InChI=1S/C16H19N3O2S/c17-16(14-9-5-11-22-14)19-21-12-15(20)18-10-4-8-13-6-2-1-3-7-13/h1-3,5-7,9,11H,4,8,10,12H2,(H2,17,19)(H,18,20). The molecule has 0 atom stereocenters. The highest BCUT2D eigenvalue weighted by atomic mass is 32.1. The second-order valence-corrected chi connectivity index (χ2v) is 5.61. The smallest absolute Gasteiger partial charge is 0.260 e. The first-order chi connectivity index (χ1) is 10.8. The van der Waals surface area contributed by atoms with E-state index in [0.29, 0.717) is 6.54 Å². The maximum atomic E-state index is 11.6. The molecule has 0 saturated carbocycles. The second kappa shape index (κ2) is 8.84. The van der Waals surface area contributed by atoms with Crippen molar-refractivity contribution >= 4 is 23.1 Å². The minimum Gasteiger partial charge on any atom is -0.384 e. The molecule has 0 spiro atoms. The van der Waals surface area contributed by atoms with Gasteiger partial charge in [-0.2, -0.15) is 0 Å². The van der Waals surface area contributed by atoms with E-state index in [0.717, 1.165) is 17.7 Å². The first-order valence-corrected chi connectivity index (χ1v) is 7.93. The third-order valence-electron chi connectivity index (χ3n) is 2.94. The number of carbonyl (C=O) groups excluding carboxylic acids is 1. The number of hydrogen-bond acceptors (Lipinski definition) is 4. The quantitative estimate of drug-likeness (QED) is 0.339. The molecule has 1 aromatic carbocycles. The van der Waals surface area contributed by atoms with Crippen LogP contribution in [0.4, 0.5) is 0 Å². The van der Waals surface area contributed by atoms with Crippen LogP contribution in [0.3, 0.4) is 0 Å². The van der Waals surface area contributed by atoms with Gasteiger partial charge in [-0.1, -0.05) is 41.6 Å². The monoisotopic (exact) mass is 317 g/mol. The Hall–Kier alpha value is -2.34. The zero-order valence-corrected chi connectivity index (χ0v) is 13.0. The molecule has 5 nitrogen and oxygen atoms in total. The Labute approximate surface area is 133 Å². The van der Waals surface area contributed by atoms with E-state index in [1.54, 1.807) is 0 Å². The Morgan fingerprint density at radius 1 is 1.23 bits per heavy atom. The zero-order chi connectivity index (χ0) is 15.6. The number of hydrogen-bond donors (Lipinski definition) is 2. The Morgan fingerprint density at radius 3 is 2.77 bits per heavy atom. The molecular formula is C16H19N3O2S. The Kier molecular flexibility index (Phi) is 6.44. The van der Waals surface area contributed by atoms with E-state index in [-0.39, 0.29) is 18.3 Å². The maximum Gasteiger partial charge on any atom is 0.260 e. The first-order valence-electron chi connectivity index (χ1n) is 7.05. The van der Waals surface area contributed by atoms with Gasteiger partial charge < -0.3 is 15.9 Å². The summed E-state index contributed by atoms with van der Waals surface area (Å²) in [4.78, 5) is 17.4. The Balaban J connectivity index is 1.59. The van der Waals surface area contributed by atoms with Gasteiger partial charge in [0.25, 0.3) is 5.91 Å². The van der Waals surface area contributed by atoms with E-state index in [9.17, 15) is 4.79 Å². The van der Waals surface area contributed by atoms with Crippen LogP contribution >= 0.6 is 11.3 Å². The third-order valence-corrected chi connectivity index (χ3v) is 3.83. The fourth-order valence-electron chi connectivity index (χ4n) is 1.85. The van der Waals surface area contributed by atoms with Gasteiger partial charge in [0.15, 0.2) is 12.4 Å². The molecule has 116 valence electrons. The van der Waals surface area contributed by atoms with Crippen LogP contribution in [-0.2, 0) is 16.1 Å². The summed E-state index contributed by atoms with van der Waals surface area (Å²) in [5, 5.41) is 8.42. The van der Waals surface area contributed by atoms with Crippen molar-refractivity contribution < 1.29 is 9.63 Å². The lowest BCUT2D eigenvalue weighted by Crippen LogP contribution is -2.28. The second-order valence-electron chi connectivity index (χ2n) is 4.67. The normalized spacial score (nSPS) is 11.2. The van der Waals surface area contributed by atoms with Gasteiger partial charge >= 0.3 is 0 Å². The number of amides is 1. The van der Waals surface area contributed by atoms with E-state index in [4.69, 9.17) is 10.6 Å². The molecule has 2 aromatic rings. The number of carbonyl (C=O) groups is 1. The van der Waals surface area contributed by atoms with Crippen LogP contribution in [-0.4, -0.2) is 24.9 Å². The van der Waals surface area contributed by atoms with E-state index >= 15 is 0 Å². The van der Waals surface area contributed by atoms with Crippen molar-refractivity contribution in [3.05, 3.63) is 58.3 Å². The molecule has 0 bridgehead atoms. The van der Waals surface area contributed by atoms with Gasteiger partial charge in [0, 0.05) is 6.54 Å². The number of rotatable bonds is 8. The van der Waals surface area contributed by atoms with Crippen molar-refractivity contribution in [3.8, 4) is 0 Å². The minimum absolute atomic E-state index is 0.128. The van der Waals surface area contributed by atoms with Gasteiger partial charge in [-0.15, -0.1) is 11.3 Å². The molecule has 6 heteroatoms. The summed E-state index contributed by atoms with van der Waals surface area (Å²) >= 11 is 1.47. The van der Waals surface area contributed by atoms with Crippen LogP contribution in [0.2, 0.25) is 0 Å². The van der Waals surface area contributed by atoms with Crippen molar-refractivity contribution in [1.29, 1.82) is 0 Å². The SMILES string of the molecule is N/C(=N\OCC(=O)NCCCc1ccccc1)c1cccs1. The van der Waals surface area contributed by atoms with Crippen LogP contribution in [0.15, 0.2) is 53.0 Å². The summed E-state index contributed by atoms with van der Waals surface area (Å²) in [6, 6.07) is 13.9. The van der Waals surface area contributed by atoms with Crippen LogP contribution in [0, 0.1) is 0 Å². The molecule has 0 radical (unpaired) electrons. The average Bonchev–Trinajstić information content (AvgIpc) is 3.07. The van der Waals surface area contributed by atoms with Gasteiger partial charge in [-0.3, -0.25) is 4.79 Å². The van der Waals surface area contributed by atoms with Gasteiger partial charge in [-0.25, -0.2) is 0 Å². The lowest BCUT2D eigenvalue weighted by molar-refractivity contribution is -0.125. The molecule has 0 fully saturated rings. The summed E-state index contributed by atoms with van der Waals surface area (Å²) in [5.41, 5.74) is 6.98. The van der Waals surface area contributed by atoms with Gasteiger partial charge in [-0.05, 0) is 29.9 Å². The van der Waals surface area contributed by atoms with Crippen molar-refractivity contribution in [2.45, 2.75) is 12.8 Å².